The molecule has 0 fully saturated rings. The molecule has 1 aromatic heterocycles. The average molecular weight is 290 g/mol. The van der Waals surface area contributed by atoms with Crippen LogP contribution in [0.2, 0.25) is 0 Å². The fourth-order valence-electron chi connectivity index (χ4n) is 1.85. The van der Waals surface area contributed by atoms with Crippen molar-refractivity contribution in [1.82, 2.24) is 10.2 Å². The minimum Gasteiger partial charge on any atom is -0.389 e. The van der Waals surface area contributed by atoms with E-state index >= 15 is 0 Å². The monoisotopic (exact) mass is 290 g/mol. The summed E-state index contributed by atoms with van der Waals surface area (Å²) in [6.45, 7) is 5.50. The molecule has 1 aromatic carbocycles. The van der Waals surface area contributed by atoms with Crippen molar-refractivity contribution in [3.63, 3.8) is 0 Å². The van der Waals surface area contributed by atoms with Gasteiger partial charge < -0.3 is 11.1 Å². The first-order valence-corrected chi connectivity index (χ1v) is 6.48. The summed E-state index contributed by atoms with van der Waals surface area (Å²) in [6, 6.07) is 4.89. The molecule has 0 saturated heterocycles. The predicted molar refractivity (Wildman–Crippen MR) is 81.8 cm³/mol. The summed E-state index contributed by atoms with van der Waals surface area (Å²) in [4.78, 5) is 0.204. The molecule has 20 heavy (non-hydrogen) atoms. The highest BCUT2D eigenvalue weighted by Crippen LogP contribution is 2.24. The second-order valence-electron chi connectivity index (χ2n) is 4.61. The number of hydrogen-bond donors (Lipinski definition) is 2. The summed E-state index contributed by atoms with van der Waals surface area (Å²) in [6.07, 6.45) is 0. The van der Waals surface area contributed by atoms with E-state index in [9.17, 15) is 4.39 Å². The number of thiocarbonyl (C=S) groups is 1. The highest BCUT2D eigenvalue weighted by molar-refractivity contribution is 7.80. The van der Waals surface area contributed by atoms with Gasteiger partial charge in [-0.1, -0.05) is 18.3 Å². The molecule has 0 aliphatic rings. The SMILES string of the molecule is Cc1ccc(Nc2nnc(C)c(C)c2C(N)=S)c(F)c1. The smallest absolute Gasteiger partial charge is 0.163 e. The molecule has 0 atom stereocenters. The summed E-state index contributed by atoms with van der Waals surface area (Å²) in [5, 5.41) is 10.9. The average Bonchev–Trinajstić information content (AvgIpc) is 2.36. The van der Waals surface area contributed by atoms with Crippen molar-refractivity contribution < 1.29 is 4.39 Å². The van der Waals surface area contributed by atoms with Crippen molar-refractivity contribution in [2.75, 3.05) is 5.32 Å². The van der Waals surface area contributed by atoms with Gasteiger partial charge in [-0.25, -0.2) is 4.39 Å². The van der Waals surface area contributed by atoms with Crippen molar-refractivity contribution >= 4 is 28.7 Å². The van der Waals surface area contributed by atoms with Crippen molar-refractivity contribution in [2.45, 2.75) is 20.8 Å². The van der Waals surface area contributed by atoms with Crippen molar-refractivity contribution in [3.05, 3.63) is 46.4 Å². The first kappa shape index (κ1) is 14.3. The van der Waals surface area contributed by atoms with Crippen LogP contribution in [0.4, 0.5) is 15.9 Å². The van der Waals surface area contributed by atoms with Gasteiger partial charge >= 0.3 is 0 Å². The number of rotatable bonds is 3. The van der Waals surface area contributed by atoms with Crippen molar-refractivity contribution in [3.8, 4) is 0 Å². The Morgan fingerprint density at radius 3 is 2.55 bits per heavy atom. The Bertz CT molecular complexity index is 685. The number of nitrogens with zero attached hydrogens (tertiary/aromatic N) is 2. The molecule has 0 aliphatic carbocycles. The van der Waals surface area contributed by atoms with Crippen LogP contribution in [-0.2, 0) is 0 Å². The molecule has 2 aromatic rings. The molecule has 0 aliphatic heterocycles. The van der Waals surface area contributed by atoms with Gasteiger partial charge in [0.2, 0.25) is 0 Å². The summed E-state index contributed by atoms with van der Waals surface area (Å²) in [5.41, 5.74) is 9.05. The van der Waals surface area contributed by atoms with Crippen LogP contribution in [0.3, 0.4) is 0 Å². The lowest BCUT2D eigenvalue weighted by Crippen LogP contribution is -2.17. The van der Waals surface area contributed by atoms with E-state index in [2.05, 4.69) is 15.5 Å². The van der Waals surface area contributed by atoms with E-state index in [4.69, 9.17) is 18.0 Å². The molecule has 104 valence electrons. The van der Waals surface area contributed by atoms with Crippen LogP contribution in [-0.4, -0.2) is 15.2 Å². The fourth-order valence-corrected chi connectivity index (χ4v) is 2.10. The lowest BCUT2D eigenvalue weighted by Gasteiger charge is -2.13. The minimum absolute atomic E-state index is 0.204. The van der Waals surface area contributed by atoms with Crippen LogP contribution in [0.25, 0.3) is 0 Å². The normalized spacial score (nSPS) is 10.4. The standard InChI is InChI=1S/C14H15FN4S/c1-7-4-5-11(10(15)6-7)17-14-12(13(16)20)8(2)9(3)18-19-14/h4-6H,1-3H3,(H2,16,20)(H,17,19). The van der Waals surface area contributed by atoms with E-state index in [-0.39, 0.29) is 10.8 Å². The van der Waals surface area contributed by atoms with Crippen LogP contribution >= 0.6 is 12.2 Å². The molecule has 0 spiro atoms. The third-order valence-corrected chi connectivity index (χ3v) is 3.28. The fraction of sp³-hybridized carbons (Fsp3) is 0.214. The lowest BCUT2D eigenvalue weighted by molar-refractivity contribution is 0.630. The highest BCUT2D eigenvalue weighted by Gasteiger charge is 2.15. The number of aryl methyl sites for hydroxylation is 2. The van der Waals surface area contributed by atoms with E-state index in [0.29, 0.717) is 17.1 Å². The third kappa shape index (κ3) is 2.75. The Hall–Kier alpha value is -2.08. The van der Waals surface area contributed by atoms with Gasteiger partial charge in [-0.15, -0.1) is 5.10 Å². The minimum atomic E-state index is -0.362. The second-order valence-corrected chi connectivity index (χ2v) is 5.05. The number of nitrogens with one attached hydrogen (secondary N) is 1. The molecule has 0 amide bonds. The number of anilines is 2. The number of halogens is 1. The van der Waals surface area contributed by atoms with Gasteiger partial charge in [0.25, 0.3) is 0 Å². The van der Waals surface area contributed by atoms with Crippen LogP contribution in [0.1, 0.15) is 22.4 Å². The van der Waals surface area contributed by atoms with Gasteiger partial charge in [-0.2, -0.15) is 5.10 Å². The molecule has 1 heterocycles. The van der Waals surface area contributed by atoms with Gasteiger partial charge in [0.15, 0.2) is 5.82 Å². The second kappa shape index (κ2) is 5.50. The first-order chi connectivity index (χ1) is 9.40. The maximum atomic E-state index is 13.9. The Balaban J connectivity index is 2.48. The predicted octanol–water partition coefficient (Wildman–Crippen LogP) is 2.92. The maximum absolute atomic E-state index is 13.9. The Kier molecular flexibility index (Phi) is 3.94. The van der Waals surface area contributed by atoms with Gasteiger partial charge in [0.05, 0.1) is 16.9 Å². The van der Waals surface area contributed by atoms with Crippen LogP contribution in [0.15, 0.2) is 18.2 Å². The Morgan fingerprint density at radius 1 is 1.25 bits per heavy atom. The molecule has 0 saturated carbocycles. The number of nitrogens with two attached hydrogens (primary N) is 1. The summed E-state index contributed by atoms with van der Waals surface area (Å²) in [7, 11) is 0. The zero-order valence-corrected chi connectivity index (χ0v) is 12.3. The van der Waals surface area contributed by atoms with Crippen molar-refractivity contribution in [1.29, 1.82) is 0 Å². The molecular formula is C14H15FN4S. The van der Waals surface area contributed by atoms with Gasteiger partial charge in [0.1, 0.15) is 10.8 Å². The topological polar surface area (TPSA) is 63.8 Å². The Labute approximate surface area is 122 Å². The molecule has 0 bridgehead atoms. The molecule has 4 nitrogen and oxygen atoms in total. The van der Waals surface area contributed by atoms with Crippen molar-refractivity contribution in [2.24, 2.45) is 5.73 Å². The molecule has 3 N–H and O–H groups in total. The van der Waals surface area contributed by atoms with E-state index in [1.807, 2.05) is 20.8 Å². The van der Waals surface area contributed by atoms with Crippen LogP contribution in [0, 0.1) is 26.6 Å². The molecule has 0 unspecified atom stereocenters. The van der Waals surface area contributed by atoms with Crippen LogP contribution < -0.4 is 11.1 Å². The largest absolute Gasteiger partial charge is 0.389 e. The first-order valence-electron chi connectivity index (χ1n) is 6.07. The summed E-state index contributed by atoms with van der Waals surface area (Å²) in [5.74, 6) is 0.00210. The molecule has 2 rings (SSSR count). The van der Waals surface area contributed by atoms with E-state index < -0.39 is 0 Å². The van der Waals surface area contributed by atoms with E-state index in [1.54, 1.807) is 12.1 Å². The number of aromatic nitrogens is 2. The molecular weight excluding hydrogens is 275 g/mol. The van der Waals surface area contributed by atoms with Gasteiger partial charge in [-0.05, 0) is 44.0 Å². The quantitative estimate of drug-likeness (QED) is 0.851. The third-order valence-electron chi connectivity index (χ3n) is 3.08. The Morgan fingerprint density at radius 2 is 1.95 bits per heavy atom. The summed E-state index contributed by atoms with van der Waals surface area (Å²) >= 11 is 5.04. The molecule has 0 radical (unpaired) electrons. The maximum Gasteiger partial charge on any atom is 0.163 e. The molecule has 6 heteroatoms. The summed E-state index contributed by atoms with van der Waals surface area (Å²) < 4.78 is 13.9. The van der Waals surface area contributed by atoms with E-state index in [1.165, 1.54) is 6.07 Å². The highest BCUT2D eigenvalue weighted by atomic mass is 32.1. The zero-order valence-electron chi connectivity index (χ0n) is 11.5. The number of benzene rings is 1. The zero-order chi connectivity index (χ0) is 14.9. The van der Waals surface area contributed by atoms with Crippen LogP contribution in [0.5, 0.6) is 0 Å². The van der Waals surface area contributed by atoms with Gasteiger partial charge in [-0.3, -0.25) is 0 Å². The number of hydrogen-bond acceptors (Lipinski definition) is 4. The lowest BCUT2D eigenvalue weighted by atomic mass is 10.1. The van der Waals surface area contributed by atoms with E-state index in [0.717, 1.165) is 16.8 Å². The van der Waals surface area contributed by atoms with Gasteiger partial charge in [0, 0.05) is 0 Å².